The summed E-state index contributed by atoms with van der Waals surface area (Å²) in [5.41, 5.74) is 27.0. The molecule has 24 aromatic rings. The summed E-state index contributed by atoms with van der Waals surface area (Å²) in [5.74, 6) is 1.81. The van der Waals surface area contributed by atoms with E-state index in [0.717, 1.165) is 133 Å². The van der Waals surface area contributed by atoms with Gasteiger partial charge in [-0.3, -0.25) is 0 Å². The van der Waals surface area contributed by atoms with Gasteiger partial charge in [0, 0.05) is 97.2 Å². The number of fused-ring (bicyclic) bond motifs is 18. The first-order valence-corrected chi connectivity index (χ1v) is 39.9. The summed E-state index contributed by atoms with van der Waals surface area (Å²) in [6.45, 7) is 0. The second-order valence-corrected chi connectivity index (χ2v) is 30.2. The van der Waals surface area contributed by atoms with E-state index in [-0.39, 0.29) is 0 Å². The van der Waals surface area contributed by atoms with Crippen LogP contribution in [0.5, 0.6) is 0 Å². The van der Waals surface area contributed by atoms with Crippen molar-refractivity contribution in [3.05, 3.63) is 419 Å². The van der Waals surface area contributed by atoms with Gasteiger partial charge in [0.05, 0.1) is 49.6 Å². The molecule has 0 aliphatic heterocycles. The Hall–Kier alpha value is -15.0. The van der Waals surface area contributed by atoms with Crippen LogP contribution in [0.4, 0.5) is 0 Å². The first kappa shape index (κ1) is 66.9. The molecule has 0 unspecified atom stereocenters. The lowest BCUT2D eigenvalue weighted by molar-refractivity contribution is 0.635. The summed E-state index contributed by atoms with van der Waals surface area (Å²) in [7, 11) is 0. The predicted octanol–water partition coefficient (Wildman–Crippen LogP) is 30.6. The van der Waals surface area contributed by atoms with Crippen molar-refractivity contribution >= 4 is 131 Å². The molecule has 0 saturated carbocycles. The van der Waals surface area contributed by atoms with E-state index in [4.69, 9.17) is 13.3 Å². The van der Waals surface area contributed by atoms with Crippen molar-refractivity contribution in [2.45, 2.75) is 0 Å². The summed E-state index contributed by atoms with van der Waals surface area (Å²) in [4.78, 5) is 1.30. The number of furan rings is 3. The van der Waals surface area contributed by atoms with E-state index in [1.807, 2.05) is 29.5 Å². The average molecular weight is 1490 g/mol. The van der Waals surface area contributed by atoms with Gasteiger partial charge in [-0.15, -0.1) is 11.3 Å². The number of hydrogen-bond donors (Lipinski definition) is 0. The largest absolute Gasteiger partial charge is 0.455 e. The van der Waals surface area contributed by atoms with E-state index in [1.165, 1.54) is 80.9 Å². The molecule has 115 heavy (non-hydrogen) atoms. The first-order chi connectivity index (χ1) is 57.1. The van der Waals surface area contributed by atoms with Gasteiger partial charge in [0.1, 0.15) is 28.3 Å². The maximum Gasteiger partial charge on any atom is 0.159 e. The maximum absolute atomic E-state index is 6.87. The fraction of sp³-hybridized carbons (Fsp3) is 0. The van der Waals surface area contributed by atoms with Gasteiger partial charge in [-0.1, -0.05) is 334 Å². The van der Waals surface area contributed by atoms with Gasteiger partial charge in [-0.2, -0.15) is 0 Å². The molecule has 0 amide bonds. The monoisotopic (exact) mass is 1490 g/mol. The van der Waals surface area contributed by atoms with E-state index in [9.17, 15) is 0 Å². The van der Waals surface area contributed by atoms with E-state index in [0.29, 0.717) is 0 Å². The Bertz CT molecular complexity index is 7770. The summed E-state index contributed by atoms with van der Waals surface area (Å²) in [5, 5.41) is 13.0. The minimum Gasteiger partial charge on any atom is -0.455 e. The van der Waals surface area contributed by atoms with Crippen molar-refractivity contribution in [2.75, 3.05) is 0 Å². The van der Waals surface area contributed by atoms with Crippen LogP contribution in [0.3, 0.4) is 0 Å². The van der Waals surface area contributed by atoms with Gasteiger partial charge in [0.2, 0.25) is 0 Å². The molecule has 0 atom stereocenters. The quantitative estimate of drug-likeness (QED) is 0.137. The van der Waals surface area contributed by atoms with Crippen LogP contribution < -0.4 is 0 Å². The molecule has 540 valence electrons. The standard InChI is InChI=1S/C38H23NOS.C38H25NO.C32H21NO/c1-3-12-24(13-4-1)34-29-22-23-31-35(38(29)41-37(34)25-14-5-2-6-15-25)28-17-7-9-19-30(28)39(31)32-20-11-18-27-26-16-8-10-21-33(26)40-36(27)32;1-4-12-26(13-5-1)27-20-22-30(23-21-27)39-33-19-11-10-18-31(33)36-34(39)25-24-32-35(28-14-6-2-7-15-28)37(40-38(32)36)29-16-8-3-9-17-29;1-4-12-22(13-5-1)29-26-20-21-28-30(32(26)34-31(29)23-14-6-2-7-15-23)25-18-10-11-19-27(25)33(28)24-16-8-3-9-17-24/h1-23H;1-25H;1-21H. The molecule has 7 heteroatoms. The fourth-order valence-corrected chi connectivity index (χ4v) is 19.0. The SMILES string of the molecule is c1ccc(-c2ccc(-n3c4ccccc4c4c5oc(-c6ccccc6)c(-c6ccccc6)c5ccc43)cc2)cc1.c1ccc(-c2oc3c(ccc4c3c3ccccc3n4-c3ccccc3)c2-c2ccccc2)cc1.c1ccc(-c2sc3c(ccc4c3c3ccccc3n4-c3cccc4c3oc3ccccc34)c2-c2ccccc2)cc1. The summed E-state index contributed by atoms with van der Waals surface area (Å²) in [6, 6.07) is 148. The Balaban J connectivity index is 0.000000105. The highest BCUT2D eigenvalue weighted by atomic mass is 32.1. The Kier molecular flexibility index (Phi) is 16.3. The third-order valence-corrected chi connectivity index (χ3v) is 23.9. The number of aromatic nitrogens is 3. The Labute approximate surface area is 666 Å². The smallest absolute Gasteiger partial charge is 0.159 e. The molecule has 0 fully saturated rings. The Morgan fingerprint density at radius 1 is 0.191 bits per heavy atom. The van der Waals surface area contributed by atoms with Crippen LogP contribution in [0.1, 0.15) is 0 Å². The minimum absolute atomic E-state index is 0.901. The van der Waals surface area contributed by atoms with Crippen LogP contribution in [0.2, 0.25) is 0 Å². The Morgan fingerprint density at radius 2 is 0.548 bits per heavy atom. The lowest BCUT2D eigenvalue weighted by Gasteiger charge is -2.09. The van der Waals surface area contributed by atoms with Crippen LogP contribution in [0.15, 0.2) is 432 Å². The molecule has 0 saturated heterocycles. The van der Waals surface area contributed by atoms with Crippen molar-refractivity contribution in [1.29, 1.82) is 0 Å². The molecule has 7 aromatic heterocycles. The zero-order valence-corrected chi connectivity index (χ0v) is 63.1. The normalized spacial score (nSPS) is 11.7. The lowest BCUT2D eigenvalue weighted by Crippen LogP contribution is -1.94. The molecule has 24 rings (SSSR count). The third kappa shape index (κ3) is 11.2. The summed E-state index contributed by atoms with van der Waals surface area (Å²) >= 11 is 1.90. The van der Waals surface area contributed by atoms with Crippen LogP contribution in [-0.2, 0) is 0 Å². The molecule has 0 aliphatic carbocycles. The highest BCUT2D eigenvalue weighted by Crippen LogP contribution is 2.52. The van der Waals surface area contributed by atoms with E-state index in [2.05, 4.69) is 414 Å². The Morgan fingerprint density at radius 3 is 1.04 bits per heavy atom. The topological polar surface area (TPSA) is 54.2 Å². The maximum atomic E-state index is 6.87. The van der Waals surface area contributed by atoms with Crippen molar-refractivity contribution in [3.63, 3.8) is 0 Å². The van der Waals surface area contributed by atoms with Gasteiger partial charge in [0.15, 0.2) is 5.58 Å². The summed E-state index contributed by atoms with van der Waals surface area (Å²) in [6.07, 6.45) is 0. The van der Waals surface area contributed by atoms with Crippen LogP contribution in [0, 0.1) is 0 Å². The number of rotatable bonds is 10. The molecule has 0 radical (unpaired) electrons. The van der Waals surface area contributed by atoms with Gasteiger partial charge >= 0.3 is 0 Å². The zero-order chi connectivity index (χ0) is 75.9. The summed E-state index contributed by atoms with van der Waals surface area (Å²) < 4.78 is 28.6. The first-order valence-electron chi connectivity index (χ1n) is 39.0. The van der Waals surface area contributed by atoms with E-state index < -0.39 is 0 Å². The number of thiophene rings is 1. The van der Waals surface area contributed by atoms with E-state index in [1.54, 1.807) is 0 Å². The fourth-order valence-electron chi connectivity index (χ4n) is 17.6. The molecule has 0 bridgehead atoms. The lowest BCUT2D eigenvalue weighted by atomic mass is 9.98. The van der Waals surface area contributed by atoms with E-state index >= 15 is 0 Å². The number of benzene rings is 17. The predicted molar refractivity (Wildman–Crippen MR) is 483 cm³/mol. The van der Waals surface area contributed by atoms with Crippen molar-refractivity contribution in [2.24, 2.45) is 0 Å². The number of hydrogen-bond acceptors (Lipinski definition) is 4. The molecular weight excluding hydrogens is 1420 g/mol. The highest BCUT2D eigenvalue weighted by molar-refractivity contribution is 7.24. The molecule has 0 aliphatic rings. The van der Waals surface area contributed by atoms with Crippen molar-refractivity contribution in [1.82, 2.24) is 13.7 Å². The van der Waals surface area contributed by atoms with Crippen molar-refractivity contribution in [3.8, 4) is 94.7 Å². The van der Waals surface area contributed by atoms with Gasteiger partial charge in [0.25, 0.3) is 0 Å². The molecule has 17 aromatic carbocycles. The molecule has 0 N–H and O–H groups in total. The second kappa shape index (κ2) is 28.1. The van der Waals surface area contributed by atoms with Crippen molar-refractivity contribution < 1.29 is 13.3 Å². The van der Waals surface area contributed by atoms with Crippen LogP contribution >= 0.6 is 11.3 Å². The van der Waals surface area contributed by atoms with Gasteiger partial charge in [-0.05, 0) is 118 Å². The molecule has 0 spiro atoms. The minimum atomic E-state index is 0.901. The zero-order valence-electron chi connectivity index (χ0n) is 62.3. The number of para-hydroxylation sites is 6. The second-order valence-electron chi connectivity index (χ2n) is 29.2. The highest BCUT2D eigenvalue weighted by Gasteiger charge is 2.28. The molecular formula is C108H69N3O3S. The molecule has 7 heterocycles. The van der Waals surface area contributed by atoms with Gasteiger partial charge in [-0.25, -0.2) is 0 Å². The average Bonchev–Trinajstić information content (AvgIpc) is 1.56. The van der Waals surface area contributed by atoms with Gasteiger partial charge < -0.3 is 27.0 Å². The van der Waals surface area contributed by atoms with Crippen LogP contribution in [-0.4, -0.2) is 13.7 Å². The third-order valence-electron chi connectivity index (χ3n) is 22.6. The molecule has 6 nitrogen and oxygen atoms in total. The van der Waals surface area contributed by atoms with Crippen LogP contribution in [0.25, 0.3) is 214 Å². The number of nitrogens with zero attached hydrogens (tertiary/aromatic N) is 3.